The van der Waals surface area contributed by atoms with Crippen LogP contribution in [0.25, 0.3) is 12.2 Å². The fourth-order valence-corrected chi connectivity index (χ4v) is 6.15. The van der Waals surface area contributed by atoms with Crippen molar-refractivity contribution in [2.24, 2.45) is 5.92 Å². The van der Waals surface area contributed by atoms with Gasteiger partial charge in [0.1, 0.15) is 24.7 Å². The summed E-state index contributed by atoms with van der Waals surface area (Å²) in [5.41, 5.74) is 1.10. The first-order valence-corrected chi connectivity index (χ1v) is 13.4. The highest BCUT2D eigenvalue weighted by atomic mass is 32.2. The molecule has 5 rings (SSSR count). The zero-order chi connectivity index (χ0) is 26.0. The summed E-state index contributed by atoms with van der Waals surface area (Å²) in [5, 5.41) is 6.71. The van der Waals surface area contributed by atoms with Gasteiger partial charge in [-0.3, -0.25) is 4.79 Å². The number of carbonyl (C=O) groups excluding carboxylic acids is 1. The van der Waals surface area contributed by atoms with E-state index in [-0.39, 0.29) is 41.3 Å². The SMILES string of the molecule is Cc1noc(C=Cc2ccccc2F)c1S(=O)(=O)N1CCC(C(=O)Nc2ccc3c(c2)OCCO3)CC1. The Hall–Kier alpha value is -3.70. The lowest BCUT2D eigenvalue weighted by atomic mass is 9.97. The normalized spacial score (nSPS) is 16.7. The number of anilines is 1. The van der Waals surface area contributed by atoms with E-state index in [4.69, 9.17) is 14.0 Å². The number of amides is 1. The maximum Gasteiger partial charge on any atom is 0.248 e. The highest BCUT2D eigenvalue weighted by Crippen LogP contribution is 2.34. The molecule has 1 fully saturated rings. The number of sulfonamides is 1. The van der Waals surface area contributed by atoms with E-state index in [9.17, 15) is 17.6 Å². The van der Waals surface area contributed by atoms with Crippen molar-refractivity contribution >= 4 is 33.8 Å². The van der Waals surface area contributed by atoms with Crippen molar-refractivity contribution in [1.82, 2.24) is 9.46 Å². The second-order valence-corrected chi connectivity index (χ2v) is 10.7. The number of benzene rings is 2. The number of nitrogens with zero attached hydrogens (tertiary/aromatic N) is 2. The van der Waals surface area contributed by atoms with Gasteiger partial charge in [-0.2, -0.15) is 4.31 Å². The lowest BCUT2D eigenvalue weighted by molar-refractivity contribution is -0.120. The van der Waals surface area contributed by atoms with Gasteiger partial charge in [0.15, 0.2) is 22.2 Å². The minimum absolute atomic E-state index is 0.0271. The molecule has 37 heavy (non-hydrogen) atoms. The maximum atomic E-state index is 14.0. The Morgan fingerprint density at radius 3 is 2.57 bits per heavy atom. The molecule has 1 amide bonds. The van der Waals surface area contributed by atoms with E-state index in [0.29, 0.717) is 48.8 Å². The van der Waals surface area contributed by atoms with Crippen LogP contribution in [0.4, 0.5) is 10.1 Å². The molecular weight excluding hydrogens is 501 g/mol. The van der Waals surface area contributed by atoms with Gasteiger partial charge < -0.3 is 19.3 Å². The van der Waals surface area contributed by atoms with Gasteiger partial charge in [0.2, 0.25) is 15.9 Å². The van der Waals surface area contributed by atoms with Crippen LogP contribution in [0.15, 0.2) is 51.9 Å². The number of rotatable bonds is 6. The second-order valence-electron chi connectivity index (χ2n) is 8.84. The number of hydrogen-bond donors (Lipinski definition) is 1. The molecule has 0 radical (unpaired) electrons. The fraction of sp³-hybridized carbons (Fsp3) is 0.308. The topological polar surface area (TPSA) is 111 Å². The van der Waals surface area contributed by atoms with Gasteiger partial charge in [-0.15, -0.1) is 0 Å². The van der Waals surface area contributed by atoms with Crippen molar-refractivity contribution in [3.63, 3.8) is 0 Å². The summed E-state index contributed by atoms with van der Waals surface area (Å²) in [7, 11) is -3.94. The second kappa shape index (κ2) is 10.3. The quantitative estimate of drug-likeness (QED) is 0.514. The molecule has 2 aliphatic heterocycles. The van der Waals surface area contributed by atoms with Crippen molar-refractivity contribution in [3.05, 3.63) is 65.3 Å². The average molecular weight is 528 g/mol. The molecule has 9 nitrogen and oxygen atoms in total. The molecule has 1 saturated heterocycles. The minimum atomic E-state index is -3.94. The number of ether oxygens (including phenoxy) is 2. The Morgan fingerprint density at radius 2 is 1.81 bits per heavy atom. The van der Waals surface area contributed by atoms with Gasteiger partial charge in [0.25, 0.3) is 0 Å². The number of halogens is 1. The molecule has 3 heterocycles. The number of aryl methyl sites for hydroxylation is 1. The van der Waals surface area contributed by atoms with Crippen molar-refractivity contribution < 1.29 is 31.6 Å². The van der Waals surface area contributed by atoms with Gasteiger partial charge >= 0.3 is 0 Å². The molecule has 2 aliphatic rings. The summed E-state index contributed by atoms with van der Waals surface area (Å²) in [6.45, 7) is 2.82. The third kappa shape index (κ3) is 5.23. The molecule has 1 N–H and O–H groups in total. The van der Waals surface area contributed by atoms with Crippen LogP contribution in [0.2, 0.25) is 0 Å². The van der Waals surface area contributed by atoms with E-state index in [2.05, 4.69) is 10.5 Å². The summed E-state index contributed by atoms with van der Waals surface area (Å²) in [6.07, 6.45) is 3.57. The van der Waals surface area contributed by atoms with Gasteiger partial charge in [0, 0.05) is 36.3 Å². The number of carbonyl (C=O) groups is 1. The molecule has 194 valence electrons. The van der Waals surface area contributed by atoms with Gasteiger partial charge in [-0.05, 0) is 50.1 Å². The highest BCUT2D eigenvalue weighted by Gasteiger charge is 2.36. The van der Waals surface area contributed by atoms with Crippen molar-refractivity contribution in [2.75, 3.05) is 31.6 Å². The van der Waals surface area contributed by atoms with E-state index in [0.717, 1.165) is 0 Å². The minimum Gasteiger partial charge on any atom is -0.486 e. The van der Waals surface area contributed by atoms with E-state index >= 15 is 0 Å². The summed E-state index contributed by atoms with van der Waals surface area (Å²) in [4.78, 5) is 12.8. The van der Waals surface area contributed by atoms with Crippen LogP contribution in [0.5, 0.6) is 11.5 Å². The Kier molecular flexibility index (Phi) is 6.98. The van der Waals surface area contributed by atoms with Gasteiger partial charge in [0.05, 0.1) is 0 Å². The Balaban J connectivity index is 1.25. The largest absolute Gasteiger partial charge is 0.486 e. The summed E-state index contributed by atoms with van der Waals surface area (Å²) < 4.78 is 58.5. The number of piperidine rings is 1. The summed E-state index contributed by atoms with van der Waals surface area (Å²) in [5.74, 6) is 0.283. The van der Waals surface area contributed by atoms with Crippen molar-refractivity contribution in [2.45, 2.75) is 24.7 Å². The maximum absolute atomic E-state index is 14.0. The fourth-order valence-electron chi connectivity index (χ4n) is 4.43. The number of fused-ring (bicyclic) bond motifs is 1. The Morgan fingerprint density at radius 1 is 1.08 bits per heavy atom. The molecule has 0 saturated carbocycles. The molecule has 1 aromatic heterocycles. The van der Waals surface area contributed by atoms with Gasteiger partial charge in [-0.1, -0.05) is 23.4 Å². The summed E-state index contributed by atoms with van der Waals surface area (Å²) >= 11 is 0. The molecule has 0 aliphatic carbocycles. The van der Waals surface area contributed by atoms with Gasteiger partial charge in [-0.25, -0.2) is 12.8 Å². The third-order valence-electron chi connectivity index (χ3n) is 6.39. The Labute approximate surface area is 213 Å². The summed E-state index contributed by atoms with van der Waals surface area (Å²) in [6, 6.07) is 11.4. The highest BCUT2D eigenvalue weighted by molar-refractivity contribution is 7.89. The molecule has 2 aromatic carbocycles. The molecule has 11 heteroatoms. The molecule has 3 aromatic rings. The van der Waals surface area contributed by atoms with Crippen molar-refractivity contribution in [3.8, 4) is 11.5 Å². The zero-order valence-electron chi connectivity index (χ0n) is 20.1. The number of nitrogens with one attached hydrogen (secondary N) is 1. The number of aromatic nitrogens is 1. The smallest absolute Gasteiger partial charge is 0.248 e. The monoisotopic (exact) mass is 527 g/mol. The average Bonchev–Trinajstić information content (AvgIpc) is 3.29. The first kappa shape index (κ1) is 25.0. The van der Waals surface area contributed by atoms with E-state index in [1.807, 2.05) is 0 Å². The lowest BCUT2D eigenvalue weighted by Crippen LogP contribution is -2.41. The van der Waals surface area contributed by atoms with Crippen LogP contribution in [0, 0.1) is 18.7 Å². The van der Waals surface area contributed by atoms with Crippen LogP contribution < -0.4 is 14.8 Å². The predicted molar refractivity (Wildman–Crippen MR) is 134 cm³/mol. The van der Waals surface area contributed by atoms with Crippen LogP contribution >= 0.6 is 0 Å². The zero-order valence-corrected chi connectivity index (χ0v) is 21.0. The van der Waals surface area contributed by atoms with Crippen LogP contribution in [0.1, 0.15) is 29.9 Å². The van der Waals surface area contributed by atoms with Crippen molar-refractivity contribution in [1.29, 1.82) is 0 Å². The molecule has 0 bridgehead atoms. The van der Waals surface area contributed by atoms with E-state index in [1.54, 1.807) is 43.3 Å². The number of hydrogen-bond acceptors (Lipinski definition) is 7. The molecule has 0 unspecified atom stereocenters. The van der Waals surface area contributed by atoms with E-state index < -0.39 is 15.8 Å². The molecular formula is C26H26FN3O6S. The van der Waals surface area contributed by atoms with Crippen LogP contribution in [-0.4, -0.2) is 50.1 Å². The predicted octanol–water partition coefficient (Wildman–Crippen LogP) is 4.10. The molecule has 0 atom stereocenters. The van der Waals surface area contributed by atoms with E-state index in [1.165, 1.54) is 22.5 Å². The van der Waals surface area contributed by atoms with Crippen LogP contribution in [0.3, 0.4) is 0 Å². The standard InChI is InChI=1S/C26H26FN3O6S/c1-17-25(23(36-29-17)8-6-18-4-2-3-5-21(18)27)37(32,33)30-12-10-19(11-13-30)26(31)28-20-7-9-22-24(16-20)35-15-14-34-22/h2-9,16,19H,10-15H2,1H3,(H,28,31). The Bertz CT molecular complexity index is 1440. The lowest BCUT2D eigenvalue weighted by Gasteiger charge is -2.30. The third-order valence-corrected chi connectivity index (χ3v) is 8.44. The van der Waals surface area contributed by atoms with Crippen LogP contribution in [-0.2, 0) is 14.8 Å². The first-order valence-electron chi connectivity index (χ1n) is 11.9. The molecule has 0 spiro atoms. The first-order chi connectivity index (χ1) is 17.8.